The van der Waals surface area contributed by atoms with Gasteiger partial charge in [-0.25, -0.2) is 4.79 Å². The summed E-state index contributed by atoms with van der Waals surface area (Å²) in [6.45, 7) is 0. The Kier molecular flexibility index (Phi) is 6.47. The molecule has 0 aromatic rings. The van der Waals surface area contributed by atoms with E-state index in [1.165, 1.54) is 11.8 Å². The number of rotatable bonds is 6. The Morgan fingerprint density at radius 1 is 1.40 bits per heavy atom. The number of hydrogen-bond acceptors (Lipinski definition) is 5. The maximum absolute atomic E-state index is 10.9. The molecular formula is C7H13N3O4S. The number of carboxylic acids is 1. The van der Waals surface area contributed by atoms with E-state index in [9.17, 15) is 14.4 Å². The van der Waals surface area contributed by atoms with Crippen LogP contribution in [0, 0.1) is 0 Å². The van der Waals surface area contributed by atoms with Gasteiger partial charge >= 0.3 is 12.0 Å². The second kappa shape index (κ2) is 7.07. The molecule has 7 nitrogen and oxygen atoms in total. The largest absolute Gasteiger partial charge is 0.480 e. The summed E-state index contributed by atoms with van der Waals surface area (Å²) in [5.41, 5.74) is 9.93. The lowest BCUT2D eigenvalue weighted by Gasteiger charge is -2.05. The lowest BCUT2D eigenvalue weighted by atomic mass is 10.2. The quantitative estimate of drug-likeness (QED) is 0.423. The van der Waals surface area contributed by atoms with E-state index in [2.05, 4.69) is 0 Å². The summed E-state index contributed by atoms with van der Waals surface area (Å²) in [5.74, 6) is -1.09. The van der Waals surface area contributed by atoms with Crippen LogP contribution in [-0.2, 0) is 9.59 Å². The van der Waals surface area contributed by atoms with Gasteiger partial charge < -0.3 is 16.6 Å². The summed E-state index contributed by atoms with van der Waals surface area (Å²) in [6.07, 6.45) is 0.268. The molecule has 0 bridgehead atoms. The fourth-order valence-corrected chi connectivity index (χ4v) is 1.49. The zero-order valence-electron chi connectivity index (χ0n) is 7.93. The van der Waals surface area contributed by atoms with Gasteiger partial charge in [-0.1, -0.05) is 0 Å². The van der Waals surface area contributed by atoms with E-state index < -0.39 is 23.9 Å². The number of carbonyl (C=O) groups is 3. The average Bonchev–Trinajstić information content (AvgIpc) is 2.10. The lowest BCUT2D eigenvalue weighted by molar-refractivity contribution is -0.138. The molecule has 0 saturated heterocycles. The molecule has 6 N–H and O–H groups in total. The highest BCUT2D eigenvalue weighted by Gasteiger charge is 2.11. The van der Waals surface area contributed by atoms with Gasteiger partial charge in [0, 0.05) is 0 Å². The third-order valence-electron chi connectivity index (χ3n) is 1.39. The van der Waals surface area contributed by atoms with Gasteiger partial charge in [0.2, 0.25) is 5.91 Å². The third kappa shape index (κ3) is 7.77. The first-order valence-corrected chi connectivity index (χ1v) is 5.24. The van der Waals surface area contributed by atoms with Crippen molar-refractivity contribution >= 4 is 29.7 Å². The van der Waals surface area contributed by atoms with E-state index in [1.54, 1.807) is 0 Å². The first-order valence-electron chi connectivity index (χ1n) is 4.09. The van der Waals surface area contributed by atoms with Crippen LogP contribution in [0.3, 0.4) is 0 Å². The molecule has 0 aliphatic rings. The van der Waals surface area contributed by atoms with Crippen molar-refractivity contribution in [3.8, 4) is 0 Å². The highest BCUT2D eigenvalue weighted by atomic mass is 32.2. The van der Waals surface area contributed by atoms with Gasteiger partial charge in [-0.2, -0.15) is 11.8 Å². The second-order valence-corrected chi connectivity index (χ2v) is 3.80. The number of imide groups is 1. The number of primary amides is 1. The molecule has 8 heteroatoms. The Balaban J connectivity index is 3.50. The molecule has 0 saturated carbocycles. The summed E-state index contributed by atoms with van der Waals surface area (Å²) in [5, 5.41) is 10.3. The number of aliphatic carboxylic acids is 1. The summed E-state index contributed by atoms with van der Waals surface area (Å²) >= 11 is 1.19. The fourth-order valence-electron chi connectivity index (χ4n) is 0.672. The van der Waals surface area contributed by atoms with Crippen LogP contribution in [0.2, 0.25) is 0 Å². The first-order chi connectivity index (χ1) is 6.93. The van der Waals surface area contributed by atoms with Crippen LogP contribution in [0.1, 0.15) is 6.42 Å². The minimum absolute atomic E-state index is 0.0509. The van der Waals surface area contributed by atoms with E-state index in [0.29, 0.717) is 5.75 Å². The molecular weight excluding hydrogens is 222 g/mol. The predicted octanol–water partition coefficient (Wildman–Crippen LogP) is -1.28. The van der Waals surface area contributed by atoms with Crippen molar-refractivity contribution in [2.24, 2.45) is 11.5 Å². The van der Waals surface area contributed by atoms with Gasteiger partial charge in [-0.05, 0) is 12.2 Å². The van der Waals surface area contributed by atoms with Gasteiger partial charge in [-0.15, -0.1) is 0 Å². The molecule has 0 aliphatic carbocycles. The second-order valence-electron chi connectivity index (χ2n) is 2.70. The van der Waals surface area contributed by atoms with Crippen LogP contribution in [-0.4, -0.2) is 40.6 Å². The number of nitrogens with one attached hydrogen (secondary N) is 1. The zero-order chi connectivity index (χ0) is 11.8. The molecule has 0 spiro atoms. The van der Waals surface area contributed by atoms with E-state index in [1.807, 2.05) is 5.32 Å². The van der Waals surface area contributed by atoms with Crippen LogP contribution in [0.5, 0.6) is 0 Å². The number of nitrogens with two attached hydrogens (primary N) is 2. The maximum atomic E-state index is 10.9. The minimum atomic E-state index is -1.07. The highest BCUT2D eigenvalue weighted by molar-refractivity contribution is 7.99. The van der Waals surface area contributed by atoms with E-state index >= 15 is 0 Å². The Bertz CT molecular complexity index is 259. The summed E-state index contributed by atoms with van der Waals surface area (Å²) in [4.78, 5) is 31.4. The molecule has 0 rings (SSSR count). The summed E-state index contributed by atoms with van der Waals surface area (Å²) < 4.78 is 0. The van der Waals surface area contributed by atoms with Crippen LogP contribution in [0.4, 0.5) is 4.79 Å². The number of carboxylic acid groups (broad SMARTS) is 1. The molecule has 0 heterocycles. The molecule has 0 aromatic carbocycles. The first kappa shape index (κ1) is 13.7. The normalized spacial score (nSPS) is 11.8. The van der Waals surface area contributed by atoms with Crippen molar-refractivity contribution in [2.75, 3.05) is 11.5 Å². The molecule has 0 aliphatic heterocycles. The number of amides is 3. The van der Waals surface area contributed by atoms with Crippen molar-refractivity contribution in [1.82, 2.24) is 5.32 Å². The molecule has 1 unspecified atom stereocenters. The molecule has 86 valence electrons. The van der Waals surface area contributed by atoms with Crippen molar-refractivity contribution in [2.45, 2.75) is 12.5 Å². The van der Waals surface area contributed by atoms with Crippen LogP contribution in [0.15, 0.2) is 0 Å². The number of thioether (sulfide) groups is 1. The van der Waals surface area contributed by atoms with Gasteiger partial charge in [0.25, 0.3) is 0 Å². The van der Waals surface area contributed by atoms with E-state index in [0.717, 1.165) is 0 Å². The number of urea groups is 1. The van der Waals surface area contributed by atoms with Crippen molar-refractivity contribution < 1.29 is 19.5 Å². The SMILES string of the molecule is NC(=O)NC(=O)CSCCC(N)C(=O)O. The van der Waals surface area contributed by atoms with Crippen molar-refractivity contribution in [3.05, 3.63) is 0 Å². The van der Waals surface area contributed by atoms with Crippen molar-refractivity contribution in [3.63, 3.8) is 0 Å². The Labute approximate surface area is 90.6 Å². The Morgan fingerprint density at radius 3 is 2.47 bits per heavy atom. The van der Waals surface area contributed by atoms with Gasteiger partial charge in [0.1, 0.15) is 6.04 Å². The predicted molar refractivity (Wildman–Crippen MR) is 55.3 cm³/mol. The van der Waals surface area contributed by atoms with Crippen molar-refractivity contribution in [1.29, 1.82) is 0 Å². The van der Waals surface area contributed by atoms with Gasteiger partial charge in [-0.3, -0.25) is 14.9 Å². The molecule has 1 atom stereocenters. The Morgan fingerprint density at radius 2 is 2.00 bits per heavy atom. The van der Waals surface area contributed by atoms with Crippen LogP contribution in [0.25, 0.3) is 0 Å². The lowest BCUT2D eigenvalue weighted by Crippen LogP contribution is -2.36. The summed E-state index contributed by atoms with van der Waals surface area (Å²) in [7, 11) is 0. The van der Waals surface area contributed by atoms with Crippen LogP contribution >= 0.6 is 11.8 Å². The van der Waals surface area contributed by atoms with E-state index in [-0.39, 0.29) is 12.2 Å². The molecule has 0 fully saturated rings. The molecule has 15 heavy (non-hydrogen) atoms. The zero-order valence-corrected chi connectivity index (χ0v) is 8.75. The number of hydrogen-bond donors (Lipinski definition) is 4. The topological polar surface area (TPSA) is 136 Å². The highest BCUT2D eigenvalue weighted by Crippen LogP contribution is 2.03. The molecule has 3 amide bonds. The minimum Gasteiger partial charge on any atom is -0.480 e. The average molecular weight is 235 g/mol. The Hall–Kier alpha value is -1.28. The third-order valence-corrected chi connectivity index (χ3v) is 2.38. The standard InChI is InChI=1S/C7H13N3O4S/c8-4(6(12)13)1-2-15-3-5(11)10-7(9)14/h4H,1-3,8H2,(H,12,13)(H3,9,10,11,14). The number of carbonyl (C=O) groups excluding carboxylic acids is 2. The fraction of sp³-hybridized carbons (Fsp3) is 0.571. The smallest absolute Gasteiger partial charge is 0.320 e. The van der Waals surface area contributed by atoms with E-state index in [4.69, 9.17) is 16.6 Å². The van der Waals surface area contributed by atoms with Gasteiger partial charge in [0.15, 0.2) is 0 Å². The van der Waals surface area contributed by atoms with Gasteiger partial charge in [0.05, 0.1) is 5.75 Å². The maximum Gasteiger partial charge on any atom is 0.320 e. The van der Waals surface area contributed by atoms with Crippen LogP contribution < -0.4 is 16.8 Å². The molecule has 0 aromatic heterocycles. The summed E-state index contributed by atoms with van der Waals surface area (Å²) in [6, 6.07) is -1.82. The molecule has 0 radical (unpaired) electrons. The monoisotopic (exact) mass is 235 g/mol.